The van der Waals surface area contributed by atoms with Crippen LogP contribution >= 0.6 is 0 Å². The van der Waals surface area contributed by atoms with E-state index in [4.69, 9.17) is 0 Å². The summed E-state index contributed by atoms with van der Waals surface area (Å²) < 4.78 is 0. The van der Waals surface area contributed by atoms with E-state index < -0.39 is 0 Å². The molecule has 0 aromatic rings. The minimum absolute atomic E-state index is 0.278. The second-order valence-corrected chi connectivity index (χ2v) is 4.69. The number of rotatable bonds is 5. The van der Waals surface area contributed by atoms with Crippen molar-refractivity contribution in [3.05, 3.63) is 0 Å². The van der Waals surface area contributed by atoms with Crippen LogP contribution in [-0.4, -0.2) is 25.5 Å². The molecule has 0 aromatic carbocycles. The van der Waals surface area contributed by atoms with Crippen LogP contribution in [0.15, 0.2) is 0 Å². The zero-order valence-electron chi connectivity index (χ0n) is 10.6. The van der Waals surface area contributed by atoms with Gasteiger partial charge in [0.25, 0.3) is 0 Å². The van der Waals surface area contributed by atoms with Crippen LogP contribution in [0.1, 0.15) is 51.9 Å². The summed E-state index contributed by atoms with van der Waals surface area (Å²) >= 11 is 0. The van der Waals surface area contributed by atoms with Crippen LogP contribution in [0.5, 0.6) is 0 Å². The summed E-state index contributed by atoms with van der Waals surface area (Å²) in [6, 6.07) is 0. The van der Waals surface area contributed by atoms with Gasteiger partial charge in [0.05, 0.1) is 0 Å². The van der Waals surface area contributed by atoms with E-state index in [9.17, 15) is 4.79 Å². The first-order chi connectivity index (χ1) is 7.84. The maximum absolute atomic E-state index is 11.9. The number of hydrogen-bond donors (Lipinski definition) is 2. The number of amides is 1. The summed E-state index contributed by atoms with van der Waals surface area (Å²) in [5, 5.41) is 6.25. The van der Waals surface area contributed by atoms with Crippen LogP contribution in [0.25, 0.3) is 0 Å². The average Bonchev–Trinajstić information content (AvgIpc) is 2.23. The smallest absolute Gasteiger partial charge is 0.223 e. The standard InChI is InChI=1S/C13H26N2O/c1-2-14-10-11-15-13(16)12-8-6-4-3-5-7-9-12/h12,14H,2-11H2,1H3,(H,15,16). The third-order valence-electron chi connectivity index (χ3n) is 3.33. The summed E-state index contributed by atoms with van der Waals surface area (Å²) in [4.78, 5) is 11.9. The lowest BCUT2D eigenvalue weighted by Gasteiger charge is -2.19. The highest BCUT2D eigenvalue weighted by atomic mass is 16.1. The first kappa shape index (κ1) is 13.5. The van der Waals surface area contributed by atoms with E-state index in [0.29, 0.717) is 0 Å². The predicted octanol–water partition coefficient (Wildman–Crippen LogP) is 2.07. The molecule has 0 saturated heterocycles. The molecule has 0 heterocycles. The van der Waals surface area contributed by atoms with Gasteiger partial charge >= 0.3 is 0 Å². The lowest BCUT2D eigenvalue weighted by atomic mass is 9.90. The minimum Gasteiger partial charge on any atom is -0.355 e. The number of likely N-dealkylation sites (N-methyl/N-ethyl adjacent to an activating group) is 1. The molecule has 0 unspecified atom stereocenters. The van der Waals surface area contributed by atoms with Crippen molar-refractivity contribution in [1.82, 2.24) is 10.6 Å². The van der Waals surface area contributed by atoms with E-state index in [1.165, 1.54) is 32.1 Å². The Bertz CT molecular complexity index is 186. The molecular weight excluding hydrogens is 200 g/mol. The molecule has 1 saturated carbocycles. The van der Waals surface area contributed by atoms with Crippen LogP contribution in [0.4, 0.5) is 0 Å². The van der Waals surface area contributed by atoms with Gasteiger partial charge in [-0.2, -0.15) is 0 Å². The van der Waals surface area contributed by atoms with E-state index >= 15 is 0 Å². The fraction of sp³-hybridized carbons (Fsp3) is 0.923. The molecule has 0 bridgehead atoms. The summed E-state index contributed by atoms with van der Waals surface area (Å²) in [6.07, 6.45) is 8.60. The van der Waals surface area contributed by atoms with Crippen molar-refractivity contribution in [3.63, 3.8) is 0 Å². The SMILES string of the molecule is CCNCCNC(=O)C1CCCCCCC1. The highest BCUT2D eigenvalue weighted by Crippen LogP contribution is 2.22. The van der Waals surface area contributed by atoms with Gasteiger partial charge in [-0.05, 0) is 19.4 Å². The molecule has 94 valence electrons. The monoisotopic (exact) mass is 226 g/mol. The van der Waals surface area contributed by atoms with Crippen LogP contribution in [-0.2, 0) is 4.79 Å². The molecule has 1 aliphatic carbocycles. The summed E-state index contributed by atoms with van der Waals surface area (Å²) in [6.45, 7) is 4.70. The van der Waals surface area contributed by atoms with Crippen molar-refractivity contribution < 1.29 is 4.79 Å². The fourth-order valence-corrected chi connectivity index (χ4v) is 2.31. The topological polar surface area (TPSA) is 41.1 Å². The Hall–Kier alpha value is -0.570. The molecule has 0 aromatic heterocycles. The Morgan fingerprint density at radius 1 is 1.06 bits per heavy atom. The Morgan fingerprint density at radius 3 is 2.31 bits per heavy atom. The van der Waals surface area contributed by atoms with E-state index in [1.54, 1.807) is 0 Å². The summed E-state index contributed by atoms with van der Waals surface area (Å²) in [7, 11) is 0. The maximum Gasteiger partial charge on any atom is 0.223 e. The average molecular weight is 226 g/mol. The normalized spacial score (nSPS) is 18.8. The Morgan fingerprint density at radius 2 is 1.69 bits per heavy atom. The lowest BCUT2D eigenvalue weighted by molar-refractivity contribution is -0.125. The quantitative estimate of drug-likeness (QED) is 0.705. The molecule has 2 N–H and O–H groups in total. The van der Waals surface area contributed by atoms with Gasteiger partial charge in [-0.1, -0.05) is 39.0 Å². The molecule has 0 atom stereocenters. The molecule has 3 nitrogen and oxygen atoms in total. The van der Waals surface area contributed by atoms with Crippen LogP contribution in [0.2, 0.25) is 0 Å². The van der Waals surface area contributed by atoms with E-state index in [-0.39, 0.29) is 11.8 Å². The Balaban J connectivity index is 2.17. The van der Waals surface area contributed by atoms with Gasteiger partial charge in [0.1, 0.15) is 0 Å². The third kappa shape index (κ3) is 5.50. The number of nitrogens with one attached hydrogen (secondary N) is 2. The van der Waals surface area contributed by atoms with E-state index in [1.807, 2.05) is 0 Å². The molecule has 3 heteroatoms. The number of carbonyl (C=O) groups excluding carboxylic acids is 1. The highest BCUT2D eigenvalue weighted by molar-refractivity contribution is 5.78. The molecule has 1 aliphatic rings. The third-order valence-corrected chi connectivity index (χ3v) is 3.33. The molecule has 1 rings (SSSR count). The van der Waals surface area contributed by atoms with Crippen molar-refractivity contribution in [2.45, 2.75) is 51.9 Å². The van der Waals surface area contributed by atoms with Crippen molar-refractivity contribution in [3.8, 4) is 0 Å². The van der Waals surface area contributed by atoms with Gasteiger partial charge in [-0.3, -0.25) is 4.79 Å². The van der Waals surface area contributed by atoms with Crippen LogP contribution < -0.4 is 10.6 Å². The minimum atomic E-state index is 0.278. The summed E-state index contributed by atoms with van der Waals surface area (Å²) in [5.74, 6) is 0.557. The van der Waals surface area contributed by atoms with Crippen LogP contribution in [0.3, 0.4) is 0 Å². The van der Waals surface area contributed by atoms with Crippen molar-refractivity contribution in [1.29, 1.82) is 0 Å². The largest absolute Gasteiger partial charge is 0.355 e. The first-order valence-electron chi connectivity index (χ1n) is 6.83. The van der Waals surface area contributed by atoms with Gasteiger partial charge < -0.3 is 10.6 Å². The van der Waals surface area contributed by atoms with Gasteiger partial charge in [-0.25, -0.2) is 0 Å². The van der Waals surface area contributed by atoms with Gasteiger partial charge in [0.15, 0.2) is 0 Å². The summed E-state index contributed by atoms with van der Waals surface area (Å²) in [5.41, 5.74) is 0. The van der Waals surface area contributed by atoms with Crippen molar-refractivity contribution >= 4 is 5.91 Å². The lowest BCUT2D eigenvalue weighted by Crippen LogP contribution is -2.36. The maximum atomic E-state index is 11.9. The van der Waals surface area contributed by atoms with Crippen LogP contribution in [0, 0.1) is 5.92 Å². The predicted molar refractivity (Wildman–Crippen MR) is 67.4 cm³/mol. The first-order valence-corrected chi connectivity index (χ1v) is 6.83. The second-order valence-electron chi connectivity index (χ2n) is 4.69. The van der Waals surface area contributed by atoms with Gasteiger partial charge in [0, 0.05) is 19.0 Å². The molecule has 16 heavy (non-hydrogen) atoms. The zero-order chi connectivity index (χ0) is 11.6. The molecular formula is C13H26N2O. The number of hydrogen-bond acceptors (Lipinski definition) is 2. The van der Waals surface area contributed by atoms with Gasteiger partial charge in [-0.15, -0.1) is 0 Å². The molecule has 0 radical (unpaired) electrons. The zero-order valence-corrected chi connectivity index (χ0v) is 10.6. The fourth-order valence-electron chi connectivity index (χ4n) is 2.31. The Kier molecular flexibility index (Phi) is 7.23. The Labute approximate surface area is 99.4 Å². The second kappa shape index (κ2) is 8.57. The van der Waals surface area contributed by atoms with E-state index in [2.05, 4.69) is 17.6 Å². The molecule has 1 amide bonds. The van der Waals surface area contributed by atoms with Gasteiger partial charge in [0.2, 0.25) is 5.91 Å². The molecule has 0 aliphatic heterocycles. The van der Waals surface area contributed by atoms with Crippen molar-refractivity contribution in [2.24, 2.45) is 5.92 Å². The number of carbonyl (C=O) groups is 1. The van der Waals surface area contributed by atoms with Crippen molar-refractivity contribution in [2.75, 3.05) is 19.6 Å². The molecule has 1 fully saturated rings. The van der Waals surface area contributed by atoms with E-state index in [0.717, 1.165) is 32.5 Å². The highest BCUT2D eigenvalue weighted by Gasteiger charge is 2.18. The molecule has 0 spiro atoms.